The zero-order valence-electron chi connectivity index (χ0n) is 15.0. The Hall–Kier alpha value is -3.08. The van der Waals surface area contributed by atoms with Crippen LogP contribution in [0.2, 0.25) is 0 Å². The number of benzene rings is 1. The molecule has 0 aliphatic rings. The van der Waals surface area contributed by atoms with Gasteiger partial charge in [0.05, 0.1) is 12.8 Å². The van der Waals surface area contributed by atoms with Gasteiger partial charge >= 0.3 is 0 Å². The zero-order valence-corrected chi connectivity index (χ0v) is 15.0. The molecule has 0 radical (unpaired) electrons. The standard InChI is InChI=1S/C20H21N3O4/c1-15(25)20-21-9-10-23(20)14-19-22-13-18(27-19)8-5-16-3-6-17(7-4-16)26-12-2-11-24/h3-4,6-7,9-10,13,15,24-25H,2,11-12,14H2,1H3. The van der Waals surface area contributed by atoms with Gasteiger partial charge in [-0.15, -0.1) is 0 Å². The SMILES string of the molecule is CC(O)c1nccn1Cc1ncc(C#Cc2ccc(OCCCO)cc2)o1. The summed E-state index contributed by atoms with van der Waals surface area (Å²) in [5, 5.41) is 18.4. The average molecular weight is 367 g/mol. The van der Waals surface area contributed by atoms with Gasteiger partial charge in [0.1, 0.15) is 24.2 Å². The average Bonchev–Trinajstić information content (AvgIpc) is 3.31. The predicted octanol–water partition coefficient (Wildman–Crippen LogP) is 2.13. The molecule has 2 heterocycles. The van der Waals surface area contributed by atoms with Crippen molar-refractivity contribution in [2.45, 2.75) is 26.0 Å². The van der Waals surface area contributed by atoms with Crippen LogP contribution in [-0.2, 0) is 6.54 Å². The Kier molecular flexibility index (Phi) is 6.26. The van der Waals surface area contributed by atoms with Gasteiger partial charge in [-0.2, -0.15) is 0 Å². The molecule has 140 valence electrons. The van der Waals surface area contributed by atoms with Gasteiger partial charge < -0.3 is 23.9 Å². The van der Waals surface area contributed by atoms with E-state index < -0.39 is 6.10 Å². The fourth-order valence-corrected chi connectivity index (χ4v) is 2.43. The van der Waals surface area contributed by atoms with Crippen molar-refractivity contribution < 1.29 is 19.4 Å². The summed E-state index contributed by atoms with van der Waals surface area (Å²) in [7, 11) is 0. The summed E-state index contributed by atoms with van der Waals surface area (Å²) in [6, 6.07) is 7.39. The van der Waals surface area contributed by atoms with Crippen LogP contribution in [0, 0.1) is 11.8 Å². The van der Waals surface area contributed by atoms with E-state index in [0.29, 0.717) is 37.0 Å². The molecule has 0 saturated heterocycles. The van der Waals surface area contributed by atoms with Crippen LogP contribution in [0.1, 0.15) is 42.5 Å². The van der Waals surface area contributed by atoms with Crippen molar-refractivity contribution in [3.63, 3.8) is 0 Å². The van der Waals surface area contributed by atoms with Crippen LogP contribution in [0.5, 0.6) is 5.75 Å². The number of rotatable bonds is 7. The molecule has 1 unspecified atom stereocenters. The Morgan fingerprint density at radius 1 is 1.22 bits per heavy atom. The molecule has 0 aliphatic heterocycles. The molecule has 27 heavy (non-hydrogen) atoms. The minimum atomic E-state index is -0.662. The predicted molar refractivity (Wildman–Crippen MR) is 98.1 cm³/mol. The van der Waals surface area contributed by atoms with Crippen molar-refractivity contribution in [1.29, 1.82) is 0 Å². The second kappa shape index (κ2) is 9.03. The van der Waals surface area contributed by atoms with E-state index in [-0.39, 0.29) is 6.61 Å². The highest BCUT2D eigenvalue weighted by atomic mass is 16.5. The first kappa shape index (κ1) is 18.7. The normalized spacial score (nSPS) is 11.7. The number of aliphatic hydroxyl groups excluding tert-OH is 2. The molecule has 0 bridgehead atoms. The molecule has 7 heteroatoms. The molecule has 0 saturated carbocycles. The van der Waals surface area contributed by atoms with Gasteiger partial charge in [-0.25, -0.2) is 9.97 Å². The number of imidazole rings is 1. The summed E-state index contributed by atoms with van der Waals surface area (Å²) < 4.78 is 12.9. The van der Waals surface area contributed by atoms with E-state index in [2.05, 4.69) is 21.8 Å². The highest BCUT2D eigenvalue weighted by molar-refractivity contribution is 5.41. The lowest BCUT2D eigenvalue weighted by Crippen LogP contribution is -2.07. The monoisotopic (exact) mass is 367 g/mol. The van der Waals surface area contributed by atoms with E-state index in [1.807, 2.05) is 24.3 Å². The van der Waals surface area contributed by atoms with Crippen LogP contribution in [0.3, 0.4) is 0 Å². The van der Waals surface area contributed by atoms with Gasteiger partial charge in [0.15, 0.2) is 5.76 Å². The van der Waals surface area contributed by atoms with Gasteiger partial charge in [-0.3, -0.25) is 0 Å². The summed E-state index contributed by atoms with van der Waals surface area (Å²) in [4.78, 5) is 8.34. The van der Waals surface area contributed by atoms with Gasteiger partial charge in [0.2, 0.25) is 5.89 Å². The highest BCUT2D eigenvalue weighted by Crippen LogP contribution is 2.13. The highest BCUT2D eigenvalue weighted by Gasteiger charge is 2.11. The molecular weight excluding hydrogens is 346 g/mol. The van der Waals surface area contributed by atoms with Crippen LogP contribution in [-0.4, -0.2) is 38.0 Å². The van der Waals surface area contributed by atoms with Crippen molar-refractivity contribution in [3.8, 4) is 17.6 Å². The number of aliphatic hydroxyl groups is 2. The van der Waals surface area contributed by atoms with Crippen molar-refractivity contribution in [2.75, 3.05) is 13.2 Å². The fraction of sp³-hybridized carbons (Fsp3) is 0.300. The van der Waals surface area contributed by atoms with E-state index in [1.165, 1.54) is 0 Å². The molecule has 0 fully saturated rings. The van der Waals surface area contributed by atoms with Crippen molar-refractivity contribution in [3.05, 3.63) is 65.9 Å². The third kappa shape index (κ3) is 5.20. The van der Waals surface area contributed by atoms with Crippen LogP contribution >= 0.6 is 0 Å². The van der Waals surface area contributed by atoms with E-state index in [4.69, 9.17) is 14.3 Å². The Bertz CT molecular complexity index is 917. The van der Waals surface area contributed by atoms with Gasteiger partial charge in [-0.1, -0.05) is 5.92 Å². The number of aromatic nitrogens is 3. The second-order valence-corrected chi connectivity index (χ2v) is 5.91. The third-order valence-corrected chi connectivity index (χ3v) is 3.74. The first-order chi connectivity index (χ1) is 13.2. The molecule has 2 N–H and O–H groups in total. The third-order valence-electron chi connectivity index (χ3n) is 3.74. The van der Waals surface area contributed by atoms with Crippen LogP contribution in [0.15, 0.2) is 47.3 Å². The summed E-state index contributed by atoms with van der Waals surface area (Å²) in [6.45, 7) is 2.63. The molecule has 0 spiro atoms. The quantitative estimate of drug-likeness (QED) is 0.491. The van der Waals surface area contributed by atoms with Crippen LogP contribution < -0.4 is 4.74 Å². The zero-order chi connectivity index (χ0) is 19.1. The Morgan fingerprint density at radius 3 is 2.78 bits per heavy atom. The van der Waals surface area contributed by atoms with Gasteiger partial charge in [0, 0.05) is 31.0 Å². The Labute approximate surface area is 157 Å². The van der Waals surface area contributed by atoms with E-state index >= 15 is 0 Å². The summed E-state index contributed by atoms with van der Waals surface area (Å²) in [6.07, 6.45) is 4.91. The van der Waals surface area contributed by atoms with Gasteiger partial charge in [0.25, 0.3) is 0 Å². The molecule has 1 aromatic carbocycles. The number of oxazole rings is 1. The molecule has 7 nitrogen and oxygen atoms in total. The first-order valence-electron chi connectivity index (χ1n) is 8.65. The minimum absolute atomic E-state index is 0.115. The van der Waals surface area contributed by atoms with Gasteiger partial charge in [-0.05, 0) is 37.1 Å². The smallest absolute Gasteiger partial charge is 0.215 e. The molecule has 0 amide bonds. The fourth-order valence-electron chi connectivity index (χ4n) is 2.43. The van der Waals surface area contributed by atoms with E-state index in [1.54, 1.807) is 30.1 Å². The Morgan fingerprint density at radius 2 is 2.04 bits per heavy atom. The number of hydrogen-bond acceptors (Lipinski definition) is 6. The van der Waals surface area contributed by atoms with Crippen molar-refractivity contribution in [1.82, 2.24) is 14.5 Å². The van der Waals surface area contributed by atoms with Crippen LogP contribution in [0.25, 0.3) is 0 Å². The molecular formula is C20H21N3O4. The second-order valence-electron chi connectivity index (χ2n) is 5.91. The molecule has 2 aromatic heterocycles. The maximum atomic E-state index is 9.69. The van der Waals surface area contributed by atoms with E-state index in [9.17, 15) is 5.11 Å². The van der Waals surface area contributed by atoms with Crippen LogP contribution in [0.4, 0.5) is 0 Å². The summed E-state index contributed by atoms with van der Waals surface area (Å²) in [5.74, 6) is 8.22. The lowest BCUT2D eigenvalue weighted by Gasteiger charge is -2.06. The molecule has 3 rings (SSSR count). The number of ether oxygens (including phenoxy) is 1. The minimum Gasteiger partial charge on any atom is -0.494 e. The lowest BCUT2D eigenvalue weighted by atomic mass is 10.2. The maximum Gasteiger partial charge on any atom is 0.215 e. The summed E-state index contributed by atoms with van der Waals surface area (Å²) >= 11 is 0. The Balaban J connectivity index is 1.62. The molecule has 1 atom stereocenters. The van der Waals surface area contributed by atoms with E-state index in [0.717, 1.165) is 11.3 Å². The van der Waals surface area contributed by atoms with Crippen molar-refractivity contribution >= 4 is 0 Å². The van der Waals surface area contributed by atoms with Crippen molar-refractivity contribution in [2.24, 2.45) is 0 Å². The topological polar surface area (TPSA) is 93.5 Å². The number of hydrogen-bond donors (Lipinski definition) is 2. The largest absolute Gasteiger partial charge is 0.494 e. The summed E-state index contributed by atoms with van der Waals surface area (Å²) in [5.41, 5.74) is 0.827. The lowest BCUT2D eigenvalue weighted by molar-refractivity contribution is 0.184. The molecule has 3 aromatic rings. The number of nitrogens with zero attached hydrogens (tertiary/aromatic N) is 3. The first-order valence-corrected chi connectivity index (χ1v) is 8.65. The molecule has 0 aliphatic carbocycles. The maximum absolute atomic E-state index is 9.69.